The smallest absolute Gasteiger partial charge is 0.335 e. The maximum Gasteiger partial charge on any atom is 0.335 e. The predicted molar refractivity (Wildman–Crippen MR) is 79.2 cm³/mol. The minimum absolute atomic E-state index is 0.362. The van der Waals surface area contributed by atoms with Crippen LogP contribution in [0.4, 0.5) is 0 Å². The van der Waals surface area contributed by atoms with Crippen LogP contribution in [0.1, 0.15) is 21.5 Å². The van der Waals surface area contributed by atoms with E-state index < -0.39 is 5.97 Å². The van der Waals surface area contributed by atoms with Crippen LogP contribution in [0.15, 0.2) is 47.4 Å². The van der Waals surface area contributed by atoms with Gasteiger partial charge in [0.1, 0.15) is 0 Å². The van der Waals surface area contributed by atoms with Crippen molar-refractivity contribution in [1.82, 2.24) is 0 Å². The summed E-state index contributed by atoms with van der Waals surface area (Å²) in [5.41, 5.74) is 2.30. The highest BCUT2D eigenvalue weighted by Gasteiger charge is 2.08. The molecule has 0 spiro atoms. The predicted octanol–water partition coefficient (Wildman–Crippen LogP) is 4.64. The number of hydrogen-bond donors (Lipinski definition) is 1. The normalized spacial score (nSPS) is 10.4. The molecule has 0 heterocycles. The van der Waals surface area contributed by atoms with E-state index in [1.807, 2.05) is 36.4 Å². The second-order valence-electron chi connectivity index (χ2n) is 4.20. The molecular formula is C15H13ClO2S. The third-order valence-electron chi connectivity index (χ3n) is 2.76. The summed E-state index contributed by atoms with van der Waals surface area (Å²) in [5.74, 6) is -0.0920. The minimum atomic E-state index is -0.883. The Kier molecular flexibility index (Phi) is 4.51. The second kappa shape index (κ2) is 6.13. The highest BCUT2D eigenvalue weighted by Crippen LogP contribution is 2.25. The van der Waals surface area contributed by atoms with Crippen LogP contribution >= 0.6 is 23.4 Å². The molecule has 19 heavy (non-hydrogen) atoms. The number of carbonyl (C=O) groups is 1. The Labute approximate surface area is 121 Å². The number of carboxylic acid groups (broad SMARTS) is 1. The Morgan fingerprint density at radius 1 is 1.21 bits per heavy atom. The molecule has 0 atom stereocenters. The van der Waals surface area contributed by atoms with Crippen LogP contribution in [0.5, 0.6) is 0 Å². The molecule has 98 valence electrons. The van der Waals surface area contributed by atoms with Gasteiger partial charge in [-0.15, -0.1) is 11.8 Å². The van der Waals surface area contributed by atoms with Crippen LogP contribution in [0.25, 0.3) is 0 Å². The number of hydrogen-bond acceptors (Lipinski definition) is 2. The Bertz CT molecular complexity index is 594. The van der Waals surface area contributed by atoms with Gasteiger partial charge >= 0.3 is 5.97 Å². The average molecular weight is 293 g/mol. The maximum atomic E-state index is 11.1. The summed E-state index contributed by atoms with van der Waals surface area (Å²) in [4.78, 5) is 12.0. The molecule has 0 radical (unpaired) electrons. The molecule has 0 aliphatic rings. The summed E-state index contributed by atoms with van der Waals surface area (Å²) in [6.45, 7) is 1.80. The van der Waals surface area contributed by atoms with Crippen LogP contribution in [-0.2, 0) is 5.75 Å². The number of aromatic carboxylic acids is 1. The van der Waals surface area contributed by atoms with E-state index >= 15 is 0 Å². The minimum Gasteiger partial charge on any atom is -0.478 e. The van der Waals surface area contributed by atoms with Gasteiger partial charge in [0.15, 0.2) is 0 Å². The molecule has 1 N–H and O–H groups in total. The summed E-state index contributed by atoms with van der Waals surface area (Å²) >= 11 is 7.44. The quantitative estimate of drug-likeness (QED) is 0.834. The molecule has 0 aliphatic heterocycles. The Balaban J connectivity index is 2.09. The van der Waals surface area contributed by atoms with Gasteiger partial charge in [-0.25, -0.2) is 4.79 Å². The molecule has 2 aromatic carbocycles. The van der Waals surface area contributed by atoms with Crippen LogP contribution in [-0.4, -0.2) is 11.1 Å². The van der Waals surface area contributed by atoms with Crippen molar-refractivity contribution in [2.75, 3.05) is 0 Å². The number of thioether (sulfide) groups is 1. The molecule has 2 nitrogen and oxygen atoms in total. The molecule has 0 aromatic heterocycles. The standard InChI is InChI=1S/C15H13ClO2S/c1-10-2-7-13(8-14(10)15(17)18)19-9-11-3-5-12(16)6-4-11/h2-8H,9H2,1H3,(H,17,18). The lowest BCUT2D eigenvalue weighted by molar-refractivity contribution is 0.0696. The summed E-state index contributed by atoms with van der Waals surface area (Å²) in [7, 11) is 0. The van der Waals surface area contributed by atoms with E-state index in [9.17, 15) is 4.79 Å². The zero-order valence-electron chi connectivity index (χ0n) is 10.4. The number of halogens is 1. The zero-order chi connectivity index (χ0) is 13.8. The zero-order valence-corrected chi connectivity index (χ0v) is 12.0. The van der Waals surface area contributed by atoms with Crippen molar-refractivity contribution < 1.29 is 9.90 Å². The molecular weight excluding hydrogens is 280 g/mol. The van der Waals surface area contributed by atoms with Crippen molar-refractivity contribution in [2.45, 2.75) is 17.6 Å². The Hall–Kier alpha value is -1.45. The summed E-state index contributed by atoms with van der Waals surface area (Å²) in [6.07, 6.45) is 0. The molecule has 0 aliphatic carbocycles. The van der Waals surface area contributed by atoms with Crippen LogP contribution in [0.3, 0.4) is 0 Å². The summed E-state index contributed by atoms with van der Waals surface area (Å²) in [6, 6.07) is 13.2. The third-order valence-corrected chi connectivity index (χ3v) is 4.08. The first kappa shape index (κ1) is 14.0. The molecule has 0 amide bonds. The van der Waals surface area contributed by atoms with E-state index in [2.05, 4.69) is 0 Å². The molecule has 2 aromatic rings. The topological polar surface area (TPSA) is 37.3 Å². The lowest BCUT2D eigenvalue weighted by Crippen LogP contribution is -1.99. The fourth-order valence-corrected chi connectivity index (χ4v) is 2.69. The number of rotatable bonds is 4. The first-order valence-corrected chi connectivity index (χ1v) is 7.14. The van der Waals surface area contributed by atoms with Crippen molar-refractivity contribution in [1.29, 1.82) is 0 Å². The lowest BCUT2D eigenvalue weighted by Gasteiger charge is -2.06. The van der Waals surface area contributed by atoms with Gasteiger partial charge in [-0.2, -0.15) is 0 Å². The third kappa shape index (κ3) is 3.75. The van der Waals surface area contributed by atoms with Crippen molar-refractivity contribution in [3.8, 4) is 0 Å². The first-order valence-electron chi connectivity index (χ1n) is 5.77. The van der Waals surface area contributed by atoms with Crippen LogP contribution in [0, 0.1) is 6.92 Å². The molecule has 0 saturated carbocycles. The molecule has 0 fully saturated rings. The summed E-state index contributed by atoms with van der Waals surface area (Å²) < 4.78 is 0. The Morgan fingerprint density at radius 2 is 1.89 bits per heavy atom. The fraction of sp³-hybridized carbons (Fsp3) is 0.133. The molecule has 0 saturated heterocycles. The van der Waals surface area contributed by atoms with E-state index in [4.69, 9.17) is 16.7 Å². The average Bonchev–Trinajstić information content (AvgIpc) is 2.39. The van der Waals surface area contributed by atoms with E-state index in [1.165, 1.54) is 0 Å². The number of aryl methyl sites for hydroxylation is 1. The van der Waals surface area contributed by atoms with Gasteiger partial charge in [0.05, 0.1) is 5.56 Å². The number of carboxylic acids is 1. The highest BCUT2D eigenvalue weighted by atomic mass is 35.5. The Morgan fingerprint density at radius 3 is 2.53 bits per heavy atom. The fourth-order valence-electron chi connectivity index (χ4n) is 1.67. The highest BCUT2D eigenvalue weighted by molar-refractivity contribution is 7.98. The van der Waals surface area contributed by atoms with Crippen molar-refractivity contribution in [2.24, 2.45) is 0 Å². The van der Waals surface area contributed by atoms with Crippen molar-refractivity contribution in [3.63, 3.8) is 0 Å². The maximum absolute atomic E-state index is 11.1. The van der Waals surface area contributed by atoms with Gasteiger partial charge in [0, 0.05) is 15.7 Å². The van der Waals surface area contributed by atoms with Crippen LogP contribution in [0.2, 0.25) is 5.02 Å². The molecule has 0 unspecified atom stereocenters. The number of benzene rings is 2. The van der Waals surface area contributed by atoms with Crippen molar-refractivity contribution >= 4 is 29.3 Å². The van der Waals surface area contributed by atoms with Gasteiger partial charge in [0.2, 0.25) is 0 Å². The van der Waals surface area contributed by atoms with Gasteiger partial charge < -0.3 is 5.11 Å². The lowest BCUT2D eigenvalue weighted by atomic mass is 10.1. The van der Waals surface area contributed by atoms with E-state index in [-0.39, 0.29) is 0 Å². The molecule has 2 rings (SSSR count). The van der Waals surface area contributed by atoms with Gasteiger partial charge in [0.25, 0.3) is 0 Å². The van der Waals surface area contributed by atoms with Gasteiger partial charge in [-0.3, -0.25) is 0 Å². The SMILES string of the molecule is Cc1ccc(SCc2ccc(Cl)cc2)cc1C(=O)O. The second-order valence-corrected chi connectivity index (χ2v) is 5.68. The monoisotopic (exact) mass is 292 g/mol. The first-order chi connectivity index (χ1) is 9.06. The van der Waals surface area contributed by atoms with E-state index in [0.29, 0.717) is 5.56 Å². The van der Waals surface area contributed by atoms with Crippen molar-refractivity contribution in [3.05, 3.63) is 64.2 Å². The van der Waals surface area contributed by atoms with E-state index in [1.54, 1.807) is 24.8 Å². The summed E-state index contributed by atoms with van der Waals surface area (Å²) in [5, 5.41) is 9.80. The van der Waals surface area contributed by atoms with Gasteiger partial charge in [-0.1, -0.05) is 29.8 Å². The van der Waals surface area contributed by atoms with E-state index in [0.717, 1.165) is 26.8 Å². The van der Waals surface area contributed by atoms with Gasteiger partial charge in [-0.05, 0) is 42.3 Å². The molecule has 4 heteroatoms. The largest absolute Gasteiger partial charge is 0.478 e. The molecule has 0 bridgehead atoms. The van der Waals surface area contributed by atoms with Crippen LogP contribution < -0.4 is 0 Å².